The van der Waals surface area contributed by atoms with E-state index in [2.05, 4.69) is 20.7 Å². The van der Waals surface area contributed by atoms with Crippen molar-refractivity contribution >= 4 is 43.3 Å². The van der Waals surface area contributed by atoms with E-state index in [1.54, 1.807) is 0 Å². The highest BCUT2D eigenvalue weighted by molar-refractivity contribution is 9.11. The fourth-order valence-corrected chi connectivity index (χ4v) is 6.26. The maximum atomic E-state index is 12.6. The van der Waals surface area contributed by atoms with E-state index >= 15 is 0 Å². The van der Waals surface area contributed by atoms with Gasteiger partial charge in [0.15, 0.2) is 0 Å². The molecule has 0 bridgehead atoms. The van der Waals surface area contributed by atoms with Crippen LogP contribution in [0.4, 0.5) is 0 Å². The van der Waals surface area contributed by atoms with Crippen LogP contribution >= 0.6 is 27.3 Å². The maximum Gasteiger partial charge on any atom is 0.348 e. The number of carbonyl (C=O) groups excluding carboxylic acids is 1. The van der Waals surface area contributed by atoms with Crippen molar-refractivity contribution in [3.8, 4) is 0 Å². The number of thiophene rings is 1. The Morgan fingerprint density at radius 2 is 2.25 bits per heavy atom. The number of esters is 1. The Labute approximate surface area is 131 Å². The molecule has 0 spiro atoms. The quantitative estimate of drug-likeness (QED) is 0.755. The second kappa shape index (κ2) is 6.13. The number of methoxy groups -OCH3 is 1. The van der Waals surface area contributed by atoms with Gasteiger partial charge in [-0.2, -0.15) is 4.31 Å². The van der Waals surface area contributed by atoms with Gasteiger partial charge in [0.05, 0.1) is 10.9 Å². The van der Waals surface area contributed by atoms with E-state index in [4.69, 9.17) is 0 Å². The van der Waals surface area contributed by atoms with Gasteiger partial charge in [0.2, 0.25) is 10.0 Å². The standard InChI is InChI=1S/C12H16BrNO4S2/c1-8-4-3-5-14(7-8)20(16,17)10-6-9(12(15)18-2)19-11(10)13/h6,8H,3-5,7H2,1-2H3/t8-/m1/s1. The van der Waals surface area contributed by atoms with Crippen LogP contribution in [0.2, 0.25) is 0 Å². The fourth-order valence-electron chi connectivity index (χ4n) is 2.23. The lowest BCUT2D eigenvalue weighted by molar-refractivity contribution is 0.0606. The van der Waals surface area contributed by atoms with Crippen LogP contribution in [-0.4, -0.2) is 38.9 Å². The van der Waals surface area contributed by atoms with Crippen molar-refractivity contribution < 1.29 is 17.9 Å². The normalized spacial score (nSPS) is 20.9. The second-order valence-corrected chi connectivity index (χ2v) is 9.13. The number of piperidine rings is 1. The molecule has 0 aromatic carbocycles. The van der Waals surface area contributed by atoms with Crippen molar-refractivity contribution in [2.75, 3.05) is 20.2 Å². The smallest absolute Gasteiger partial charge is 0.348 e. The summed E-state index contributed by atoms with van der Waals surface area (Å²) in [7, 11) is -2.28. The van der Waals surface area contributed by atoms with Gasteiger partial charge in [-0.05, 0) is 40.8 Å². The van der Waals surface area contributed by atoms with Crippen LogP contribution in [0.3, 0.4) is 0 Å². The Kier molecular flexibility index (Phi) is 4.88. The fraction of sp³-hybridized carbons (Fsp3) is 0.583. The van der Waals surface area contributed by atoms with Crippen LogP contribution in [0.15, 0.2) is 14.7 Å². The number of sulfonamides is 1. The average Bonchev–Trinajstić information content (AvgIpc) is 2.80. The van der Waals surface area contributed by atoms with Crippen LogP contribution in [-0.2, 0) is 14.8 Å². The van der Waals surface area contributed by atoms with Gasteiger partial charge in [-0.25, -0.2) is 13.2 Å². The van der Waals surface area contributed by atoms with E-state index in [0.717, 1.165) is 24.2 Å². The van der Waals surface area contributed by atoms with Crippen molar-refractivity contribution in [3.05, 3.63) is 14.7 Å². The van der Waals surface area contributed by atoms with Gasteiger partial charge in [-0.3, -0.25) is 0 Å². The molecule has 0 radical (unpaired) electrons. The number of rotatable bonds is 3. The van der Waals surface area contributed by atoms with E-state index in [9.17, 15) is 13.2 Å². The van der Waals surface area contributed by atoms with Crippen LogP contribution in [0.25, 0.3) is 0 Å². The summed E-state index contributed by atoms with van der Waals surface area (Å²) in [4.78, 5) is 11.9. The Balaban J connectivity index is 2.34. The molecule has 2 heterocycles. The van der Waals surface area contributed by atoms with Crippen molar-refractivity contribution in [1.29, 1.82) is 0 Å². The van der Waals surface area contributed by atoms with E-state index in [-0.39, 0.29) is 9.77 Å². The number of halogens is 1. The molecule has 5 nitrogen and oxygen atoms in total. The summed E-state index contributed by atoms with van der Waals surface area (Å²) in [6, 6.07) is 1.38. The van der Waals surface area contributed by atoms with E-state index in [0.29, 0.717) is 22.8 Å². The molecule has 8 heteroatoms. The third-order valence-electron chi connectivity index (χ3n) is 3.28. The van der Waals surface area contributed by atoms with E-state index in [1.807, 2.05) is 6.92 Å². The molecule has 2 rings (SSSR count). The molecule has 1 atom stereocenters. The molecule has 0 N–H and O–H groups in total. The maximum absolute atomic E-state index is 12.6. The zero-order valence-corrected chi connectivity index (χ0v) is 14.5. The lowest BCUT2D eigenvalue weighted by Crippen LogP contribution is -2.39. The average molecular weight is 382 g/mol. The zero-order valence-electron chi connectivity index (χ0n) is 11.3. The van der Waals surface area contributed by atoms with Crippen LogP contribution < -0.4 is 0 Å². The Bertz CT molecular complexity index is 611. The van der Waals surface area contributed by atoms with Crippen LogP contribution in [0, 0.1) is 5.92 Å². The molecule has 1 aliphatic heterocycles. The number of ether oxygens (including phenoxy) is 1. The summed E-state index contributed by atoms with van der Waals surface area (Å²) in [5, 5.41) is 0. The number of hydrogen-bond acceptors (Lipinski definition) is 5. The molecule has 0 amide bonds. The molecule has 1 aromatic rings. The van der Waals surface area contributed by atoms with Crippen molar-refractivity contribution in [2.24, 2.45) is 5.92 Å². The summed E-state index contributed by atoms with van der Waals surface area (Å²) in [5.74, 6) is -0.167. The third-order valence-corrected chi connectivity index (χ3v) is 7.38. The Hall–Kier alpha value is -0.440. The molecular formula is C12H16BrNO4S2. The first kappa shape index (κ1) is 15.9. The number of carbonyl (C=O) groups is 1. The second-order valence-electron chi connectivity index (χ2n) is 4.85. The number of hydrogen-bond donors (Lipinski definition) is 0. The SMILES string of the molecule is COC(=O)c1cc(S(=O)(=O)N2CCC[C@@H](C)C2)c(Br)s1. The monoisotopic (exact) mass is 381 g/mol. The van der Waals surface area contributed by atoms with Gasteiger partial charge in [-0.15, -0.1) is 11.3 Å². The summed E-state index contributed by atoms with van der Waals surface area (Å²) < 4.78 is 31.8. The van der Waals surface area contributed by atoms with Crippen molar-refractivity contribution in [2.45, 2.75) is 24.7 Å². The van der Waals surface area contributed by atoms with Gasteiger partial charge in [0.25, 0.3) is 0 Å². The predicted octanol–water partition coefficient (Wildman–Crippen LogP) is 2.72. The molecule has 20 heavy (non-hydrogen) atoms. The Morgan fingerprint density at radius 3 is 2.85 bits per heavy atom. The van der Waals surface area contributed by atoms with Gasteiger partial charge >= 0.3 is 5.97 Å². The van der Waals surface area contributed by atoms with Gasteiger partial charge in [0, 0.05) is 13.1 Å². The van der Waals surface area contributed by atoms with Crippen molar-refractivity contribution in [1.82, 2.24) is 4.31 Å². The van der Waals surface area contributed by atoms with Gasteiger partial charge < -0.3 is 4.74 Å². The topological polar surface area (TPSA) is 63.7 Å². The molecule has 1 aromatic heterocycles. The molecule has 1 fully saturated rings. The minimum atomic E-state index is -3.56. The molecule has 0 unspecified atom stereocenters. The molecule has 0 saturated carbocycles. The molecular weight excluding hydrogens is 366 g/mol. The highest BCUT2D eigenvalue weighted by Crippen LogP contribution is 2.35. The minimum Gasteiger partial charge on any atom is -0.465 e. The molecule has 1 aliphatic rings. The van der Waals surface area contributed by atoms with Crippen molar-refractivity contribution in [3.63, 3.8) is 0 Å². The largest absolute Gasteiger partial charge is 0.465 e. The molecule has 0 aliphatic carbocycles. The Morgan fingerprint density at radius 1 is 1.55 bits per heavy atom. The van der Waals surface area contributed by atoms with Crippen LogP contribution in [0.1, 0.15) is 29.4 Å². The molecule has 112 valence electrons. The lowest BCUT2D eigenvalue weighted by atomic mass is 10.0. The zero-order chi connectivity index (χ0) is 14.9. The highest BCUT2D eigenvalue weighted by Gasteiger charge is 2.32. The summed E-state index contributed by atoms with van der Waals surface area (Å²) in [6.45, 7) is 3.10. The third kappa shape index (κ3) is 3.08. The first-order valence-corrected chi connectivity index (χ1v) is 9.29. The van der Waals surface area contributed by atoms with E-state index < -0.39 is 16.0 Å². The summed E-state index contributed by atoms with van der Waals surface area (Å²) in [5.41, 5.74) is 0. The first-order chi connectivity index (χ1) is 9.36. The summed E-state index contributed by atoms with van der Waals surface area (Å²) in [6.07, 6.45) is 1.91. The summed E-state index contributed by atoms with van der Waals surface area (Å²) >= 11 is 4.31. The predicted molar refractivity (Wildman–Crippen MR) is 80.5 cm³/mol. The van der Waals surface area contributed by atoms with E-state index in [1.165, 1.54) is 17.5 Å². The lowest BCUT2D eigenvalue weighted by Gasteiger charge is -2.29. The van der Waals surface area contributed by atoms with Gasteiger partial charge in [0.1, 0.15) is 9.77 Å². The van der Waals surface area contributed by atoms with Gasteiger partial charge in [-0.1, -0.05) is 6.92 Å². The first-order valence-electron chi connectivity index (χ1n) is 6.24. The minimum absolute atomic E-state index is 0.150. The molecule has 1 saturated heterocycles. The highest BCUT2D eigenvalue weighted by atomic mass is 79.9. The van der Waals surface area contributed by atoms with Crippen LogP contribution in [0.5, 0.6) is 0 Å². The number of nitrogens with zero attached hydrogens (tertiary/aromatic N) is 1.